The molecule has 0 saturated carbocycles. The number of hydrogen-bond acceptors (Lipinski definition) is 6. The molecule has 0 unspecified atom stereocenters. The van der Waals surface area contributed by atoms with E-state index in [4.69, 9.17) is 4.74 Å². The molecule has 4 rings (SSSR count). The lowest BCUT2D eigenvalue weighted by Crippen LogP contribution is -1.99. The van der Waals surface area contributed by atoms with Crippen molar-refractivity contribution in [2.24, 2.45) is 0 Å². The van der Waals surface area contributed by atoms with Gasteiger partial charge in [0.25, 0.3) is 0 Å². The Labute approximate surface area is 151 Å². The zero-order valence-corrected chi connectivity index (χ0v) is 14.1. The van der Waals surface area contributed by atoms with Gasteiger partial charge in [-0.3, -0.25) is 9.59 Å². The SMILES string of the molecule is O=Cc1cc(C=O)c2cc(OCc3nc4ccccc4s3)c(F)cc2n1. The summed E-state index contributed by atoms with van der Waals surface area (Å²) in [6.45, 7) is 0.109. The second kappa shape index (κ2) is 6.61. The highest BCUT2D eigenvalue weighted by Gasteiger charge is 2.13. The van der Waals surface area contributed by atoms with Crippen molar-refractivity contribution in [3.8, 4) is 5.75 Å². The normalized spacial score (nSPS) is 11.0. The summed E-state index contributed by atoms with van der Waals surface area (Å²) in [7, 11) is 0. The first-order chi connectivity index (χ1) is 12.7. The minimum atomic E-state index is -0.619. The van der Waals surface area contributed by atoms with Crippen LogP contribution in [0, 0.1) is 5.82 Å². The van der Waals surface area contributed by atoms with Crippen molar-refractivity contribution < 1.29 is 18.7 Å². The van der Waals surface area contributed by atoms with E-state index < -0.39 is 5.82 Å². The van der Waals surface area contributed by atoms with Gasteiger partial charge in [0.1, 0.15) is 17.3 Å². The van der Waals surface area contributed by atoms with Crippen LogP contribution in [0.4, 0.5) is 4.39 Å². The van der Waals surface area contributed by atoms with Gasteiger partial charge in [0.15, 0.2) is 24.1 Å². The lowest BCUT2D eigenvalue weighted by molar-refractivity contribution is 0.111. The fourth-order valence-corrected chi connectivity index (χ4v) is 3.55. The van der Waals surface area contributed by atoms with E-state index in [-0.39, 0.29) is 29.1 Å². The third kappa shape index (κ3) is 2.93. The molecule has 26 heavy (non-hydrogen) atoms. The lowest BCUT2D eigenvalue weighted by atomic mass is 10.1. The highest BCUT2D eigenvalue weighted by atomic mass is 32.1. The average Bonchev–Trinajstić information content (AvgIpc) is 3.08. The van der Waals surface area contributed by atoms with Crippen molar-refractivity contribution >= 4 is 45.0 Å². The molecule has 0 fully saturated rings. The molecule has 0 atom stereocenters. The molecule has 0 spiro atoms. The van der Waals surface area contributed by atoms with Crippen LogP contribution in [0.15, 0.2) is 42.5 Å². The van der Waals surface area contributed by atoms with Gasteiger partial charge < -0.3 is 4.74 Å². The summed E-state index contributed by atoms with van der Waals surface area (Å²) in [4.78, 5) is 30.6. The fraction of sp³-hybridized carbons (Fsp3) is 0.0526. The molecule has 0 saturated heterocycles. The Morgan fingerprint density at radius 2 is 1.88 bits per heavy atom. The number of halogens is 1. The maximum absolute atomic E-state index is 14.3. The van der Waals surface area contributed by atoms with Crippen molar-refractivity contribution in [2.45, 2.75) is 6.61 Å². The Bertz CT molecular complexity index is 1120. The maximum Gasteiger partial charge on any atom is 0.168 e. The molecule has 0 amide bonds. The molecule has 2 aromatic heterocycles. The quantitative estimate of drug-likeness (QED) is 0.496. The first kappa shape index (κ1) is 16.3. The van der Waals surface area contributed by atoms with E-state index in [0.29, 0.717) is 18.0 Å². The summed E-state index contributed by atoms with van der Waals surface area (Å²) in [5.41, 5.74) is 1.41. The van der Waals surface area contributed by atoms with Crippen molar-refractivity contribution in [1.82, 2.24) is 9.97 Å². The van der Waals surface area contributed by atoms with E-state index in [1.54, 1.807) is 0 Å². The molecular weight excluding hydrogens is 355 g/mol. The molecule has 4 aromatic rings. The molecule has 2 aromatic carbocycles. The second-order valence-corrected chi connectivity index (χ2v) is 6.65. The fourth-order valence-electron chi connectivity index (χ4n) is 2.66. The Balaban J connectivity index is 1.68. The Morgan fingerprint density at radius 3 is 2.65 bits per heavy atom. The van der Waals surface area contributed by atoms with Crippen LogP contribution >= 0.6 is 11.3 Å². The highest BCUT2D eigenvalue weighted by Crippen LogP contribution is 2.28. The van der Waals surface area contributed by atoms with Crippen molar-refractivity contribution in [3.63, 3.8) is 0 Å². The van der Waals surface area contributed by atoms with E-state index in [1.165, 1.54) is 23.5 Å². The number of carbonyl (C=O) groups is 2. The Kier molecular flexibility index (Phi) is 4.14. The number of nitrogens with zero attached hydrogens (tertiary/aromatic N) is 2. The number of pyridine rings is 1. The molecule has 5 nitrogen and oxygen atoms in total. The summed E-state index contributed by atoms with van der Waals surface area (Å²) < 4.78 is 20.9. The van der Waals surface area contributed by atoms with E-state index in [0.717, 1.165) is 21.3 Å². The minimum absolute atomic E-state index is 0.000471. The number of carbonyl (C=O) groups excluding carboxylic acids is 2. The standard InChI is InChI=1S/C19H11FN2O3S/c20-14-7-16-13(11(8-23)5-12(9-24)21-16)6-17(14)25-10-19-22-15-3-1-2-4-18(15)26-19/h1-9H,10H2. The van der Waals surface area contributed by atoms with Crippen LogP contribution in [0.5, 0.6) is 5.75 Å². The van der Waals surface area contributed by atoms with Gasteiger partial charge in [-0.05, 0) is 24.3 Å². The van der Waals surface area contributed by atoms with Crippen molar-refractivity contribution in [3.05, 3.63) is 64.5 Å². The van der Waals surface area contributed by atoms with Gasteiger partial charge in [-0.15, -0.1) is 11.3 Å². The van der Waals surface area contributed by atoms with Crippen LogP contribution in [0.2, 0.25) is 0 Å². The molecule has 0 N–H and O–H groups in total. The number of para-hydroxylation sites is 1. The first-order valence-electron chi connectivity index (χ1n) is 7.70. The summed E-state index contributed by atoms with van der Waals surface area (Å²) in [6.07, 6.45) is 1.12. The number of aromatic nitrogens is 2. The predicted octanol–water partition coefficient (Wildman–Crippen LogP) is 4.19. The van der Waals surface area contributed by atoms with Gasteiger partial charge in [-0.1, -0.05) is 12.1 Å². The van der Waals surface area contributed by atoms with E-state index in [2.05, 4.69) is 9.97 Å². The third-order valence-electron chi connectivity index (χ3n) is 3.85. The summed E-state index contributed by atoms with van der Waals surface area (Å²) >= 11 is 1.47. The second-order valence-electron chi connectivity index (χ2n) is 5.54. The zero-order chi connectivity index (χ0) is 18.1. The van der Waals surface area contributed by atoms with Gasteiger partial charge in [-0.2, -0.15) is 0 Å². The first-order valence-corrected chi connectivity index (χ1v) is 8.51. The van der Waals surface area contributed by atoms with Crippen LogP contribution in [0.25, 0.3) is 21.1 Å². The third-order valence-corrected chi connectivity index (χ3v) is 4.86. The smallest absolute Gasteiger partial charge is 0.168 e. The number of ether oxygens (including phenoxy) is 1. The Hall–Kier alpha value is -3.19. The highest BCUT2D eigenvalue weighted by molar-refractivity contribution is 7.18. The number of hydrogen-bond donors (Lipinski definition) is 0. The van der Waals surface area contributed by atoms with Crippen molar-refractivity contribution in [1.29, 1.82) is 0 Å². The predicted molar refractivity (Wildman–Crippen MR) is 96.4 cm³/mol. The molecule has 0 aliphatic carbocycles. The topological polar surface area (TPSA) is 69.2 Å². The van der Waals surface area contributed by atoms with Crippen molar-refractivity contribution in [2.75, 3.05) is 0 Å². The van der Waals surface area contributed by atoms with Gasteiger partial charge in [0.05, 0.1) is 15.7 Å². The van der Waals surface area contributed by atoms with Crippen LogP contribution in [-0.2, 0) is 6.61 Å². The molecule has 2 heterocycles. The Morgan fingerprint density at radius 1 is 1.04 bits per heavy atom. The maximum atomic E-state index is 14.3. The summed E-state index contributed by atoms with van der Waals surface area (Å²) in [5.74, 6) is -0.619. The molecule has 7 heteroatoms. The number of aldehydes is 2. The molecular formula is C19H11FN2O3S. The zero-order valence-electron chi connectivity index (χ0n) is 13.3. The van der Waals surface area contributed by atoms with E-state index in [1.807, 2.05) is 24.3 Å². The summed E-state index contributed by atoms with van der Waals surface area (Å²) in [5, 5.41) is 1.14. The molecule has 0 aliphatic rings. The molecule has 128 valence electrons. The number of rotatable bonds is 5. The largest absolute Gasteiger partial charge is 0.483 e. The average molecular weight is 366 g/mol. The molecule has 0 aliphatic heterocycles. The van der Waals surface area contributed by atoms with E-state index in [9.17, 15) is 14.0 Å². The van der Waals surface area contributed by atoms with Gasteiger partial charge in [0.2, 0.25) is 0 Å². The van der Waals surface area contributed by atoms with Crippen LogP contribution in [0.1, 0.15) is 25.9 Å². The lowest BCUT2D eigenvalue weighted by Gasteiger charge is -2.08. The summed E-state index contributed by atoms with van der Waals surface area (Å²) in [6, 6.07) is 11.6. The minimum Gasteiger partial charge on any atom is -0.483 e. The van der Waals surface area contributed by atoms with E-state index >= 15 is 0 Å². The number of fused-ring (bicyclic) bond motifs is 2. The van der Waals surface area contributed by atoms with Gasteiger partial charge in [-0.25, -0.2) is 14.4 Å². The monoisotopic (exact) mass is 366 g/mol. The number of thiazole rings is 1. The molecule has 0 bridgehead atoms. The molecule has 0 radical (unpaired) electrons. The van der Waals surface area contributed by atoms with Crippen LogP contribution in [0.3, 0.4) is 0 Å². The van der Waals surface area contributed by atoms with Gasteiger partial charge >= 0.3 is 0 Å². The number of benzene rings is 2. The van der Waals surface area contributed by atoms with Crippen LogP contribution in [-0.4, -0.2) is 22.5 Å². The van der Waals surface area contributed by atoms with Gasteiger partial charge in [0, 0.05) is 17.0 Å². The van der Waals surface area contributed by atoms with Crippen LogP contribution < -0.4 is 4.74 Å².